The number of benzene rings is 2. The minimum absolute atomic E-state index is 0.525. The highest BCUT2D eigenvalue weighted by molar-refractivity contribution is 7.91. The van der Waals surface area contributed by atoms with Crippen molar-refractivity contribution in [2.75, 3.05) is 24.4 Å². The van der Waals surface area contributed by atoms with E-state index >= 15 is 0 Å². The number of hydrogen-bond donors (Lipinski definition) is 3. The maximum atomic E-state index is 11.7. The zero-order chi connectivity index (χ0) is 18.0. The molecule has 0 saturated carbocycles. The van der Waals surface area contributed by atoms with E-state index in [-0.39, 0.29) is 0 Å². The summed E-state index contributed by atoms with van der Waals surface area (Å²) in [6.07, 6.45) is 3.04. The summed E-state index contributed by atoms with van der Waals surface area (Å²) in [7, 11) is -1.07. The predicted molar refractivity (Wildman–Crippen MR) is 102 cm³/mol. The number of rotatable bonds is 5. The second-order valence-electron chi connectivity index (χ2n) is 5.81. The molecule has 0 aliphatic heterocycles. The third-order valence-electron chi connectivity index (χ3n) is 3.95. The SMILES string of the molecule is COc1ccc2c(NCc3ccc(S(C)(=N)=O)cc3)c(N)cnc2c1. The number of pyridine rings is 1. The van der Waals surface area contributed by atoms with E-state index in [0.717, 1.165) is 27.9 Å². The molecule has 130 valence electrons. The maximum absolute atomic E-state index is 11.7. The summed E-state index contributed by atoms with van der Waals surface area (Å²) in [6.45, 7) is 0.554. The smallest absolute Gasteiger partial charge is 0.121 e. The van der Waals surface area contributed by atoms with Crippen molar-refractivity contribution in [1.82, 2.24) is 4.98 Å². The van der Waals surface area contributed by atoms with Crippen LogP contribution in [0, 0.1) is 4.78 Å². The van der Waals surface area contributed by atoms with Crippen molar-refractivity contribution in [3.8, 4) is 5.75 Å². The number of aromatic nitrogens is 1. The number of hydrogen-bond acceptors (Lipinski definition) is 6. The Kier molecular flexibility index (Phi) is 4.50. The number of nitrogen functional groups attached to an aromatic ring is 1. The molecular formula is C18H20N4O2S. The molecular weight excluding hydrogens is 336 g/mol. The molecule has 1 aromatic heterocycles. The highest BCUT2D eigenvalue weighted by Gasteiger charge is 2.08. The van der Waals surface area contributed by atoms with Crippen LogP contribution in [0.5, 0.6) is 5.75 Å². The van der Waals surface area contributed by atoms with Crippen LogP contribution in [0.1, 0.15) is 5.56 Å². The molecule has 1 unspecified atom stereocenters. The summed E-state index contributed by atoms with van der Waals surface area (Å²) in [6, 6.07) is 12.8. The Morgan fingerprint density at radius 1 is 1.24 bits per heavy atom. The van der Waals surface area contributed by atoms with E-state index < -0.39 is 9.73 Å². The van der Waals surface area contributed by atoms with Gasteiger partial charge in [0.25, 0.3) is 0 Å². The predicted octanol–water partition coefficient (Wildman–Crippen LogP) is 3.47. The topological polar surface area (TPSA) is 101 Å². The van der Waals surface area contributed by atoms with Crippen LogP contribution >= 0.6 is 0 Å². The molecule has 4 N–H and O–H groups in total. The van der Waals surface area contributed by atoms with Crippen LogP contribution < -0.4 is 15.8 Å². The van der Waals surface area contributed by atoms with Gasteiger partial charge in [-0.25, -0.2) is 8.99 Å². The van der Waals surface area contributed by atoms with Crippen LogP contribution in [0.15, 0.2) is 53.6 Å². The van der Waals surface area contributed by atoms with E-state index in [9.17, 15) is 4.21 Å². The molecule has 0 spiro atoms. The Bertz CT molecular complexity index is 1020. The van der Waals surface area contributed by atoms with E-state index in [4.69, 9.17) is 15.3 Å². The number of fused-ring (bicyclic) bond motifs is 1. The molecule has 3 rings (SSSR count). The van der Waals surface area contributed by atoms with Gasteiger partial charge in [-0.15, -0.1) is 0 Å². The van der Waals surface area contributed by atoms with E-state index in [1.807, 2.05) is 30.3 Å². The van der Waals surface area contributed by atoms with E-state index in [0.29, 0.717) is 17.1 Å². The van der Waals surface area contributed by atoms with Gasteiger partial charge in [0.15, 0.2) is 0 Å². The van der Waals surface area contributed by atoms with Crippen LogP contribution in [0.4, 0.5) is 11.4 Å². The lowest BCUT2D eigenvalue weighted by molar-refractivity contribution is 0.415. The molecule has 1 atom stereocenters. The first-order valence-electron chi connectivity index (χ1n) is 7.67. The summed E-state index contributed by atoms with van der Waals surface area (Å²) in [4.78, 5) is 4.87. The third kappa shape index (κ3) is 3.66. The number of nitrogens with one attached hydrogen (secondary N) is 2. The molecule has 2 aromatic carbocycles. The zero-order valence-electron chi connectivity index (χ0n) is 14.1. The number of nitrogens with two attached hydrogens (primary N) is 1. The van der Waals surface area contributed by atoms with Gasteiger partial charge in [-0.05, 0) is 29.8 Å². The standard InChI is InChI=1S/C18H20N4O2S/c1-24-13-5-8-15-17(9-13)21-11-16(19)18(15)22-10-12-3-6-14(7-4-12)25(2,20)23/h3-9,11,20H,10,19H2,1-2H3,(H,21,22). The number of anilines is 2. The van der Waals surface area contributed by atoms with Gasteiger partial charge in [0.1, 0.15) is 5.75 Å². The van der Waals surface area contributed by atoms with Gasteiger partial charge >= 0.3 is 0 Å². The van der Waals surface area contributed by atoms with Gasteiger partial charge < -0.3 is 15.8 Å². The summed E-state index contributed by atoms with van der Waals surface area (Å²) in [5.41, 5.74) is 9.27. The molecule has 6 nitrogen and oxygen atoms in total. The van der Waals surface area contributed by atoms with E-state index in [1.54, 1.807) is 25.4 Å². The third-order valence-corrected chi connectivity index (χ3v) is 5.12. The Hall–Kier alpha value is -2.80. The Labute approximate surface area is 147 Å². The lowest BCUT2D eigenvalue weighted by atomic mass is 10.1. The molecule has 0 fully saturated rings. The van der Waals surface area contributed by atoms with Gasteiger partial charge in [-0.2, -0.15) is 0 Å². The number of methoxy groups -OCH3 is 1. The molecule has 0 bridgehead atoms. The van der Waals surface area contributed by atoms with Crippen LogP contribution in [-0.4, -0.2) is 22.6 Å². The molecule has 1 heterocycles. The molecule has 25 heavy (non-hydrogen) atoms. The van der Waals surface area contributed by atoms with E-state index in [1.165, 1.54) is 6.26 Å². The minimum atomic E-state index is -2.69. The van der Waals surface area contributed by atoms with Gasteiger partial charge in [-0.3, -0.25) is 4.98 Å². The fourth-order valence-electron chi connectivity index (χ4n) is 2.57. The van der Waals surface area contributed by atoms with Crippen molar-refractivity contribution in [2.24, 2.45) is 0 Å². The molecule has 0 amide bonds. The fraction of sp³-hybridized carbons (Fsp3) is 0.167. The molecule has 0 saturated heterocycles. The minimum Gasteiger partial charge on any atom is -0.497 e. The molecule has 7 heteroatoms. The van der Waals surface area contributed by atoms with Crippen LogP contribution in [0.3, 0.4) is 0 Å². The first kappa shape index (κ1) is 17.0. The molecule has 3 aromatic rings. The van der Waals surface area contributed by atoms with Crippen molar-refractivity contribution in [3.05, 3.63) is 54.2 Å². The fourth-order valence-corrected chi connectivity index (χ4v) is 3.23. The van der Waals surface area contributed by atoms with Crippen LogP contribution in [0.25, 0.3) is 10.9 Å². The molecule has 0 radical (unpaired) electrons. The van der Waals surface area contributed by atoms with Gasteiger partial charge in [0.05, 0.1) is 39.9 Å². The van der Waals surface area contributed by atoms with Crippen molar-refractivity contribution in [3.63, 3.8) is 0 Å². The number of ether oxygens (including phenoxy) is 1. The molecule has 0 aliphatic rings. The van der Waals surface area contributed by atoms with Gasteiger partial charge in [0, 0.05) is 29.1 Å². The van der Waals surface area contributed by atoms with Crippen molar-refractivity contribution >= 4 is 32.0 Å². The highest BCUT2D eigenvalue weighted by Crippen LogP contribution is 2.30. The average Bonchev–Trinajstić information content (AvgIpc) is 2.60. The quantitative estimate of drug-likeness (QED) is 0.650. The molecule has 0 aliphatic carbocycles. The Morgan fingerprint density at radius 2 is 1.96 bits per heavy atom. The van der Waals surface area contributed by atoms with Crippen molar-refractivity contribution in [2.45, 2.75) is 11.4 Å². The lowest BCUT2D eigenvalue weighted by Crippen LogP contribution is -2.04. The lowest BCUT2D eigenvalue weighted by Gasteiger charge is -2.13. The van der Waals surface area contributed by atoms with E-state index in [2.05, 4.69) is 10.3 Å². The van der Waals surface area contributed by atoms with Crippen molar-refractivity contribution in [1.29, 1.82) is 4.78 Å². The van der Waals surface area contributed by atoms with Crippen LogP contribution in [0.2, 0.25) is 0 Å². The summed E-state index contributed by atoms with van der Waals surface area (Å²) < 4.78 is 24.6. The Balaban J connectivity index is 1.86. The summed E-state index contributed by atoms with van der Waals surface area (Å²) in [5.74, 6) is 0.741. The number of nitrogens with zero attached hydrogens (tertiary/aromatic N) is 1. The normalized spacial score (nSPS) is 13.4. The largest absolute Gasteiger partial charge is 0.497 e. The second kappa shape index (κ2) is 6.60. The van der Waals surface area contributed by atoms with Crippen LogP contribution in [-0.2, 0) is 16.3 Å². The first-order chi connectivity index (χ1) is 11.9. The zero-order valence-corrected chi connectivity index (χ0v) is 14.9. The monoisotopic (exact) mass is 356 g/mol. The average molecular weight is 356 g/mol. The van der Waals surface area contributed by atoms with Crippen molar-refractivity contribution < 1.29 is 8.95 Å². The first-order valence-corrected chi connectivity index (χ1v) is 9.64. The highest BCUT2D eigenvalue weighted by atomic mass is 32.2. The Morgan fingerprint density at radius 3 is 2.60 bits per heavy atom. The van der Waals surface area contributed by atoms with Gasteiger partial charge in [0.2, 0.25) is 0 Å². The summed E-state index contributed by atoms with van der Waals surface area (Å²) >= 11 is 0. The maximum Gasteiger partial charge on any atom is 0.121 e. The second-order valence-corrected chi connectivity index (χ2v) is 7.97. The summed E-state index contributed by atoms with van der Waals surface area (Å²) in [5, 5.41) is 4.26. The van der Waals surface area contributed by atoms with Gasteiger partial charge in [-0.1, -0.05) is 12.1 Å².